The zero-order valence-electron chi connectivity index (χ0n) is 11.5. The highest BCUT2D eigenvalue weighted by Gasteiger charge is 2.16. The van der Waals surface area contributed by atoms with Gasteiger partial charge in [0.2, 0.25) is 5.91 Å². The van der Waals surface area contributed by atoms with E-state index in [2.05, 4.69) is 24.2 Å². The van der Waals surface area contributed by atoms with Crippen molar-refractivity contribution in [2.75, 3.05) is 0 Å². The lowest BCUT2D eigenvalue weighted by Crippen LogP contribution is -2.27. The average Bonchev–Trinajstić information content (AvgIpc) is 2.75. The molecule has 2 N–H and O–H groups in total. The van der Waals surface area contributed by atoms with Crippen molar-refractivity contribution in [3.05, 3.63) is 36.3 Å². The number of carbonyl (C=O) groups is 1. The summed E-state index contributed by atoms with van der Waals surface area (Å²) < 4.78 is 2.04. The number of aromatic nitrogens is 2. The van der Waals surface area contributed by atoms with Gasteiger partial charge in [-0.3, -0.25) is 4.79 Å². The molecule has 0 radical (unpaired) electrons. The predicted octanol–water partition coefficient (Wildman–Crippen LogP) is 2.41. The van der Waals surface area contributed by atoms with Crippen LogP contribution in [0, 0.1) is 5.41 Å². The van der Waals surface area contributed by atoms with Crippen LogP contribution in [0.4, 0.5) is 0 Å². The number of rotatable bonds is 1. The summed E-state index contributed by atoms with van der Waals surface area (Å²) in [6.45, 7) is 7.51. The van der Waals surface area contributed by atoms with E-state index < -0.39 is 0 Å². The third-order valence-electron chi connectivity index (χ3n) is 2.60. The fourth-order valence-corrected chi connectivity index (χ4v) is 1.18. The minimum Gasteiger partial charge on any atom is -0.369 e. The number of nitrogens with two attached hydrogens (primary N) is 1. The molecule has 0 aromatic carbocycles. The van der Waals surface area contributed by atoms with E-state index in [9.17, 15) is 4.79 Å². The molecule has 0 fully saturated rings. The first kappa shape index (κ1) is 14.2. The molecule has 0 aliphatic rings. The Morgan fingerprint density at radius 2 is 2.00 bits per heavy atom. The molecular weight excluding hydrogens is 226 g/mol. The van der Waals surface area contributed by atoms with Crippen molar-refractivity contribution in [2.24, 2.45) is 11.1 Å². The molecule has 18 heavy (non-hydrogen) atoms. The molecule has 1 amide bonds. The molecule has 2 rings (SSSR count). The molecular formula is C14H21N3O. The Hall–Kier alpha value is -1.84. The van der Waals surface area contributed by atoms with E-state index in [0.29, 0.717) is 0 Å². The smallest absolute Gasteiger partial charge is 0.222 e. The van der Waals surface area contributed by atoms with Crippen LogP contribution in [0.1, 0.15) is 33.3 Å². The van der Waals surface area contributed by atoms with Crippen LogP contribution in [0.25, 0.3) is 5.65 Å². The van der Waals surface area contributed by atoms with E-state index in [1.165, 1.54) is 5.56 Å². The second-order valence-electron chi connectivity index (χ2n) is 5.20. The van der Waals surface area contributed by atoms with E-state index in [1.807, 2.05) is 22.9 Å². The lowest BCUT2D eigenvalue weighted by atomic mass is 9.96. The molecule has 0 atom stereocenters. The van der Waals surface area contributed by atoms with Gasteiger partial charge in [0.25, 0.3) is 0 Å². The topological polar surface area (TPSA) is 60.4 Å². The first-order valence-electron chi connectivity index (χ1n) is 6.06. The van der Waals surface area contributed by atoms with Gasteiger partial charge in [-0.1, -0.05) is 33.8 Å². The molecule has 0 unspecified atom stereocenters. The molecule has 4 heteroatoms. The third-order valence-corrected chi connectivity index (χ3v) is 2.60. The second kappa shape index (κ2) is 5.67. The third kappa shape index (κ3) is 3.87. The zero-order valence-corrected chi connectivity index (χ0v) is 11.5. The number of nitrogens with zero attached hydrogens (tertiary/aromatic N) is 2. The van der Waals surface area contributed by atoms with Crippen LogP contribution in [-0.2, 0) is 11.2 Å². The van der Waals surface area contributed by atoms with Crippen LogP contribution in [0.5, 0.6) is 0 Å². The van der Waals surface area contributed by atoms with Crippen LogP contribution in [0.2, 0.25) is 0 Å². The maximum Gasteiger partial charge on any atom is 0.222 e. The Kier molecular flexibility index (Phi) is 4.48. The summed E-state index contributed by atoms with van der Waals surface area (Å²) in [5.74, 6) is -0.257. The van der Waals surface area contributed by atoms with Crippen molar-refractivity contribution in [1.82, 2.24) is 9.38 Å². The van der Waals surface area contributed by atoms with Gasteiger partial charge >= 0.3 is 0 Å². The summed E-state index contributed by atoms with van der Waals surface area (Å²) in [5.41, 5.74) is 6.93. The summed E-state index contributed by atoms with van der Waals surface area (Å²) in [5, 5.41) is 0. The molecule has 0 aliphatic carbocycles. The number of pyridine rings is 1. The average molecular weight is 247 g/mol. The molecule has 2 heterocycles. The number of primary amides is 1. The number of hydrogen-bond donors (Lipinski definition) is 1. The molecule has 4 nitrogen and oxygen atoms in total. The molecule has 2 aromatic rings. The lowest BCUT2D eigenvalue weighted by Gasteiger charge is -2.10. The number of amides is 1. The minimum atomic E-state index is -0.361. The van der Waals surface area contributed by atoms with E-state index in [4.69, 9.17) is 5.73 Å². The molecule has 0 aliphatic heterocycles. The van der Waals surface area contributed by atoms with Crippen LogP contribution < -0.4 is 5.73 Å². The van der Waals surface area contributed by atoms with Crippen LogP contribution in [-0.4, -0.2) is 15.3 Å². The largest absolute Gasteiger partial charge is 0.369 e. The van der Waals surface area contributed by atoms with Gasteiger partial charge in [0.05, 0.1) is 0 Å². The highest BCUT2D eigenvalue weighted by molar-refractivity contribution is 5.79. The van der Waals surface area contributed by atoms with Crippen molar-refractivity contribution in [2.45, 2.75) is 34.1 Å². The van der Waals surface area contributed by atoms with Crippen molar-refractivity contribution in [3.63, 3.8) is 0 Å². The molecule has 2 aromatic heterocycles. The van der Waals surface area contributed by atoms with Crippen molar-refractivity contribution in [1.29, 1.82) is 0 Å². The van der Waals surface area contributed by atoms with Gasteiger partial charge in [0.15, 0.2) is 0 Å². The Labute approximate surface area is 108 Å². The first-order valence-corrected chi connectivity index (χ1v) is 6.06. The van der Waals surface area contributed by atoms with Crippen molar-refractivity contribution < 1.29 is 4.79 Å². The normalized spacial score (nSPS) is 10.9. The number of carbonyl (C=O) groups excluding carboxylic acids is 1. The number of aryl methyl sites for hydroxylation is 1. The SMILES string of the molecule is CC(C)(C)C(N)=O.CCc1ccc2nccn2c1. The Bertz CT molecular complexity index is 523. The monoisotopic (exact) mass is 247 g/mol. The summed E-state index contributed by atoms with van der Waals surface area (Å²) in [6.07, 6.45) is 6.97. The van der Waals surface area contributed by atoms with E-state index >= 15 is 0 Å². The minimum absolute atomic E-state index is 0.257. The fraction of sp³-hybridized carbons (Fsp3) is 0.429. The highest BCUT2D eigenvalue weighted by Crippen LogP contribution is 2.09. The predicted molar refractivity (Wildman–Crippen MR) is 73.2 cm³/mol. The van der Waals surface area contributed by atoms with Gasteiger partial charge in [-0.15, -0.1) is 0 Å². The number of hydrogen-bond acceptors (Lipinski definition) is 2. The van der Waals surface area contributed by atoms with Gasteiger partial charge in [-0.25, -0.2) is 4.98 Å². The fourth-order valence-electron chi connectivity index (χ4n) is 1.18. The lowest BCUT2D eigenvalue weighted by molar-refractivity contribution is -0.125. The Morgan fingerprint density at radius 3 is 2.50 bits per heavy atom. The van der Waals surface area contributed by atoms with Gasteiger partial charge in [-0.2, -0.15) is 0 Å². The molecule has 0 saturated carbocycles. The summed E-state index contributed by atoms with van der Waals surface area (Å²) in [6, 6.07) is 4.15. The molecule has 0 bridgehead atoms. The van der Waals surface area contributed by atoms with E-state index in [1.54, 1.807) is 20.8 Å². The summed E-state index contributed by atoms with van der Waals surface area (Å²) in [7, 11) is 0. The van der Waals surface area contributed by atoms with E-state index in [0.717, 1.165) is 12.1 Å². The Morgan fingerprint density at radius 1 is 1.39 bits per heavy atom. The summed E-state index contributed by atoms with van der Waals surface area (Å²) >= 11 is 0. The maximum atomic E-state index is 10.2. The van der Waals surface area contributed by atoms with Crippen LogP contribution >= 0.6 is 0 Å². The van der Waals surface area contributed by atoms with Gasteiger partial charge in [-0.05, 0) is 18.1 Å². The van der Waals surface area contributed by atoms with Crippen molar-refractivity contribution >= 4 is 11.6 Å². The quantitative estimate of drug-likeness (QED) is 0.841. The molecule has 0 saturated heterocycles. The highest BCUT2D eigenvalue weighted by atomic mass is 16.1. The standard InChI is InChI=1S/C9H10N2.C5H11NO/c1-2-8-3-4-9-10-5-6-11(9)7-8;1-5(2,3)4(6)7/h3-7H,2H2,1H3;1-3H3,(H2,6,7). The second-order valence-corrected chi connectivity index (χ2v) is 5.20. The molecule has 98 valence electrons. The number of imidazole rings is 1. The van der Waals surface area contributed by atoms with Gasteiger partial charge in [0.1, 0.15) is 5.65 Å². The summed E-state index contributed by atoms with van der Waals surface area (Å²) in [4.78, 5) is 14.4. The maximum absolute atomic E-state index is 10.2. The van der Waals surface area contributed by atoms with Crippen LogP contribution in [0.15, 0.2) is 30.7 Å². The van der Waals surface area contributed by atoms with Gasteiger partial charge in [0, 0.05) is 24.0 Å². The van der Waals surface area contributed by atoms with E-state index in [-0.39, 0.29) is 11.3 Å². The Balaban J connectivity index is 0.000000203. The molecule has 0 spiro atoms. The zero-order chi connectivity index (χ0) is 13.8. The first-order chi connectivity index (χ1) is 8.34. The number of fused-ring (bicyclic) bond motifs is 1. The van der Waals surface area contributed by atoms with Crippen LogP contribution in [0.3, 0.4) is 0 Å². The van der Waals surface area contributed by atoms with Gasteiger partial charge < -0.3 is 10.1 Å². The van der Waals surface area contributed by atoms with Crippen molar-refractivity contribution in [3.8, 4) is 0 Å².